The van der Waals surface area contributed by atoms with Gasteiger partial charge in [-0.1, -0.05) is 12.1 Å². The number of amides is 1. The Balaban J connectivity index is 1.63. The fraction of sp³-hybridized carbons (Fsp3) is 0.250. The van der Waals surface area contributed by atoms with E-state index in [0.29, 0.717) is 17.6 Å². The molecule has 27 heavy (non-hydrogen) atoms. The number of piperidine rings is 1. The Bertz CT molecular complexity index is 991. The van der Waals surface area contributed by atoms with Crippen LogP contribution in [0.2, 0.25) is 0 Å². The Hall–Kier alpha value is -3.06. The largest absolute Gasteiger partial charge is 0.369 e. The second-order valence-electron chi connectivity index (χ2n) is 6.84. The molecule has 2 atom stereocenters. The van der Waals surface area contributed by atoms with E-state index in [-0.39, 0.29) is 17.8 Å². The molecule has 1 aliphatic heterocycles. The number of carbonyl (C=O) groups is 1. The summed E-state index contributed by atoms with van der Waals surface area (Å²) in [4.78, 5) is 22.2. The molecule has 3 aromatic rings. The number of hydrogen-bond acceptors (Lipinski definition) is 5. The van der Waals surface area contributed by atoms with Gasteiger partial charge in [-0.3, -0.25) is 4.79 Å². The van der Waals surface area contributed by atoms with Crippen LogP contribution in [0.15, 0.2) is 48.9 Å². The van der Waals surface area contributed by atoms with E-state index in [1.807, 2.05) is 6.07 Å². The first kappa shape index (κ1) is 17.4. The number of benzene rings is 2. The maximum Gasteiger partial charge on any atom is 0.250 e. The number of hydrogen-bond donors (Lipinski definition) is 2. The maximum atomic E-state index is 13.2. The quantitative estimate of drug-likeness (QED) is 0.741. The predicted molar refractivity (Wildman–Crippen MR) is 102 cm³/mol. The van der Waals surface area contributed by atoms with Gasteiger partial charge in [0.15, 0.2) is 0 Å². The molecule has 1 saturated heterocycles. The van der Waals surface area contributed by atoms with Crippen molar-refractivity contribution in [1.82, 2.24) is 9.97 Å². The summed E-state index contributed by atoms with van der Waals surface area (Å²) in [5.41, 5.74) is 14.8. The zero-order valence-corrected chi connectivity index (χ0v) is 14.7. The van der Waals surface area contributed by atoms with Crippen LogP contribution < -0.4 is 16.4 Å². The molecule has 6 nitrogen and oxygen atoms in total. The maximum absolute atomic E-state index is 13.2. The fourth-order valence-corrected chi connectivity index (χ4v) is 3.86. The number of aromatic nitrogens is 2. The first-order chi connectivity index (χ1) is 13.0. The number of halogens is 1. The van der Waals surface area contributed by atoms with Crippen molar-refractivity contribution in [2.45, 2.75) is 18.4 Å². The molecule has 1 aromatic heterocycles. The Labute approximate surface area is 156 Å². The molecule has 1 amide bonds. The SMILES string of the molecule is NC(=O)c1ccc(N2CCC(c3ccc(F)cc3)C(N)C2)c2cncnc12. The van der Waals surface area contributed by atoms with Crippen LogP contribution in [0.4, 0.5) is 10.1 Å². The lowest BCUT2D eigenvalue weighted by Crippen LogP contribution is -2.47. The topological polar surface area (TPSA) is 98.1 Å². The van der Waals surface area contributed by atoms with Crippen LogP contribution in [0.1, 0.15) is 28.3 Å². The Morgan fingerprint density at radius 3 is 2.67 bits per heavy atom. The number of nitrogens with two attached hydrogens (primary N) is 2. The normalized spacial score (nSPS) is 20.0. The monoisotopic (exact) mass is 365 g/mol. The molecule has 1 fully saturated rings. The Morgan fingerprint density at radius 1 is 1.19 bits per heavy atom. The zero-order chi connectivity index (χ0) is 19.0. The third kappa shape index (κ3) is 3.21. The first-order valence-corrected chi connectivity index (χ1v) is 8.83. The van der Waals surface area contributed by atoms with Crippen molar-refractivity contribution in [3.8, 4) is 0 Å². The number of rotatable bonds is 3. The molecule has 4 rings (SSSR count). The molecule has 1 aliphatic rings. The molecule has 138 valence electrons. The Kier molecular flexibility index (Phi) is 4.45. The number of primary amides is 1. The van der Waals surface area contributed by atoms with E-state index in [4.69, 9.17) is 11.5 Å². The average molecular weight is 365 g/mol. The van der Waals surface area contributed by atoms with Crippen molar-refractivity contribution >= 4 is 22.5 Å². The van der Waals surface area contributed by atoms with E-state index in [2.05, 4.69) is 14.9 Å². The smallest absolute Gasteiger partial charge is 0.250 e. The van der Waals surface area contributed by atoms with Gasteiger partial charge in [-0.2, -0.15) is 0 Å². The summed E-state index contributed by atoms with van der Waals surface area (Å²) in [6, 6.07) is 10.0. The van der Waals surface area contributed by atoms with Gasteiger partial charge in [-0.25, -0.2) is 14.4 Å². The standard InChI is InChI=1S/C20H20FN5O/c21-13-3-1-12(2-4-13)14-7-8-26(10-17(14)22)18-6-5-15(20(23)27)19-16(18)9-24-11-25-19/h1-6,9,11,14,17H,7-8,10,22H2,(H2,23,27). The van der Waals surface area contributed by atoms with Gasteiger partial charge in [0, 0.05) is 42.3 Å². The molecule has 0 radical (unpaired) electrons. The summed E-state index contributed by atoms with van der Waals surface area (Å²) in [5, 5.41) is 0.779. The Morgan fingerprint density at radius 2 is 1.96 bits per heavy atom. The van der Waals surface area contributed by atoms with Gasteiger partial charge in [0.1, 0.15) is 12.1 Å². The molecule has 0 spiro atoms. The van der Waals surface area contributed by atoms with Crippen LogP contribution in [0, 0.1) is 5.82 Å². The molecule has 7 heteroatoms. The third-order valence-corrected chi connectivity index (χ3v) is 5.21. The highest BCUT2D eigenvalue weighted by Gasteiger charge is 2.29. The highest BCUT2D eigenvalue weighted by molar-refractivity contribution is 6.07. The number of fused-ring (bicyclic) bond motifs is 1. The molecule has 0 bridgehead atoms. The fourth-order valence-electron chi connectivity index (χ4n) is 3.86. The summed E-state index contributed by atoms with van der Waals surface area (Å²) < 4.78 is 13.2. The minimum absolute atomic E-state index is 0.0975. The minimum Gasteiger partial charge on any atom is -0.369 e. The van der Waals surface area contributed by atoms with Gasteiger partial charge in [0.05, 0.1) is 11.1 Å². The molecule has 2 heterocycles. The lowest BCUT2D eigenvalue weighted by molar-refractivity contribution is 0.100. The van der Waals surface area contributed by atoms with Gasteiger partial charge < -0.3 is 16.4 Å². The second kappa shape index (κ2) is 6.92. The second-order valence-corrected chi connectivity index (χ2v) is 6.84. The molecule has 0 aliphatic carbocycles. The van der Waals surface area contributed by atoms with Gasteiger partial charge in [-0.15, -0.1) is 0 Å². The number of nitrogens with zero attached hydrogens (tertiary/aromatic N) is 3. The minimum atomic E-state index is -0.517. The number of anilines is 1. The summed E-state index contributed by atoms with van der Waals surface area (Å²) in [7, 11) is 0. The number of carbonyl (C=O) groups excluding carboxylic acids is 1. The molecule has 2 aromatic carbocycles. The third-order valence-electron chi connectivity index (χ3n) is 5.21. The van der Waals surface area contributed by atoms with Crippen LogP contribution >= 0.6 is 0 Å². The predicted octanol–water partition coefficient (Wildman–Crippen LogP) is 2.19. The van der Waals surface area contributed by atoms with Crippen molar-refractivity contribution in [1.29, 1.82) is 0 Å². The summed E-state index contributed by atoms with van der Waals surface area (Å²) in [5.74, 6) is -0.586. The zero-order valence-electron chi connectivity index (χ0n) is 14.7. The van der Waals surface area contributed by atoms with E-state index < -0.39 is 5.91 Å². The van der Waals surface area contributed by atoms with Crippen molar-refractivity contribution in [2.24, 2.45) is 11.5 Å². The lowest BCUT2D eigenvalue weighted by atomic mass is 9.85. The van der Waals surface area contributed by atoms with Crippen LogP contribution in [-0.2, 0) is 0 Å². The molecule has 2 unspecified atom stereocenters. The van der Waals surface area contributed by atoms with E-state index in [1.54, 1.807) is 24.4 Å². The average Bonchev–Trinajstić information content (AvgIpc) is 2.68. The van der Waals surface area contributed by atoms with Gasteiger partial charge in [0.2, 0.25) is 0 Å². The van der Waals surface area contributed by atoms with Crippen molar-refractivity contribution in [3.05, 3.63) is 65.9 Å². The highest BCUT2D eigenvalue weighted by atomic mass is 19.1. The van der Waals surface area contributed by atoms with Crippen LogP contribution in [0.25, 0.3) is 10.9 Å². The van der Waals surface area contributed by atoms with Crippen LogP contribution in [0.5, 0.6) is 0 Å². The van der Waals surface area contributed by atoms with Crippen LogP contribution in [0.3, 0.4) is 0 Å². The summed E-state index contributed by atoms with van der Waals surface area (Å²) in [6.45, 7) is 1.43. The van der Waals surface area contributed by atoms with E-state index >= 15 is 0 Å². The van der Waals surface area contributed by atoms with Crippen molar-refractivity contribution in [2.75, 3.05) is 18.0 Å². The van der Waals surface area contributed by atoms with Crippen molar-refractivity contribution in [3.63, 3.8) is 0 Å². The van der Waals surface area contributed by atoms with Gasteiger partial charge in [-0.05, 0) is 36.2 Å². The molecule has 4 N–H and O–H groups in total. The lowest BCUT2D eigenvalue weighted by Gasteiger charge is -2.38. The van der Waals surface area contributed by atoms with Gasteiger partial charge >= 0.3 is 0 Å². The van der Waals surface area contributed by atoms with Crippen LogP contribution in [-0.4, -0.2) is 35.0 Å². The first-order valence-electron chi connectivity index (χ1n) is 8.83. The summed E-state index contributed by atoms with van der Waals surface area (Å²) >= 11 is 0. The molecular formula is C20H20FN5O. The van der Waals surface area contributed by atoms with E-state index in [0.717, 1.165) is 29.6 Å². The van der Waals surface area contributed by atoms with E-state index in [1.165, 1.54) is 18.5 Å². The van der Waals surface area contributed by atoms with Crippen molar-refractivity contribution < 1.29 is 9.18 Å². The summed E-state index contributed by atoms with van der Waals surface area (Å²) in [6.07, 6.45) is 3.95. The highest BCUT2D eigenvalue weighted by Crippen LogP contribution is 2.33. The van der Waals surface area contributed by atoms with E-state index in [9.17, 15) is 9.18 Å². The molecule has 0 saturated carbocycles. The molecular weight excluding hydrogens is 345 g/mol. The van der Waals surface area contributed by atoms with Gasteiger partial charge in [0.25, 0.3) is 5.91 Å².